The third kappa shape index (κ3) is 3.78. The number of allylic oxidation sites excluding steroid dienone is 1. The molecule has 0 saturated carbocycles. The van der Waals surface area contributed by atoms with Gasteiger partial charge in [0.1, 0.15) is 0 Å². The SMILES string of the molecule is C=CCCCC(C)(N)C(N)=O. The van der Waals surface area contributed by atoms with E-state index in [2.05, 4.69) is 6.58 Å². The number of carbonyl (C=O) groups is 1. The highest BCUT2D eigenvalue weighted by Gasteiger charge is 2.24. The van der Waals surface area contributed by atoms with Gasteiger partial charge >= 0.3 is 0 Å². The number of hydrogen-bond donors (Lipinski definition) is 2. The summed E-state index contributed by atoms with van der Waals surface area (Å²) in [4.78, 5) is 10.7. The van der Waals surface area contributed by atoms with Crippen LogP contribution in [0.2, 0.25) is 0 Å². The van der Waals surface area contributed by atoms with E-state index in [4.69, 9.17) is 11.5 Å². The van der Waals surface area contributed by atoms with Crippen LogP contribution in [0.15, 0.2) is 12.7 Å². The van der Waals surface area contributed by atoms with E-state index in [0.29, 0.717) is 6.42 Å². The lowest BCUT2D eigenvalue weighted by molar-refractivity contribution is -0.122. The summed E-state index contributed by atoms with van der Waals surface area (Å²) in [6.07, 6.45) is 4.16. The van der Waals surface area contributed by atoms with Gasteiger partial charge in [-0.05, 0) is 26.2 Å². The highest BCUT2D eigenvalue weighted by atomic mass is 16.1. The van der Waals surface area contributed by atoms with Gasteiger partial charge in [0.2, 0.25) is 5.91 Å². The molecule has 1 unspecified atom stereocenters. The van der Waals surface area contributed by atoms with Crippen molar-refractivity contribution >= 4 is 5.91 Å². The average molecular weight is 156 g/mol. The smallest absolute Gasteiger partial charge is 0.237 e. The normalized spacial score (nSPS) is 15.5. The van der Waals surface area contributed by atoms with Gasteiger partial charge in [-0.1, -0.05) is 6.08 Å². The molecule has 0 aliphatic rings. The van der Waals surface area contributed by atoms with Crippen molar-refractivity contribution < 1.29 is 4.79 Å². The predicted octanol–water partition coefficient (Wildman–Crippen LogP) is 0.545. The molecule has 4 N–H and O–H groups in total. The number of primary amides is 1. The van der Waals surface area contributed by atoms with Crippen LogP contribution in [0.25, 0.3) is 0 Å². The fraction of sp³-hybridized carbons (Fsp3) is 0.625. The van der Waals surface area contributed by atoms with Crippen molar-refractivity contribution in [2.45, 2.75) is 31.7 Å². The minimum absolute atomic E-state index is 0.443. The Morgan fingerprint density at radius 2 is 2.27 bits per heavy atom. The number of hydrogen-bond acceptors (Lipinski definition) is 2. The number of amides is 1. The quantitative estimate of drug-likeness (QED) is 0.450. The zero-order valence-electron chi connectivity index (χ0n) is 6.97. The minimum Gasteiger partial charge on any atom is -0.368 e. The average Bonchev–Trinajstić information content (AvgIpc) is 1.88. The summed E-state index contributed by atoms with van der Waals surface area (Å²) in [5.74, 6) is -0.443. The largest absolute Gasteiger partial charge is 0.368 e. The summed E-state index contributed by atoms with van der Waals surface area (Å²) in [6.45, 7) is 5.22. The maximum absolute atomic E-state index is 10.7. The molecular weight excluding hydrogens is 140 g/mol. The molecule has 0 saturated heterocycles. The Morgan fingerprint density at radius 3 is 2.64 bits per heavy atom. The van der Waals surface area contributed by atoms with Gasteiger partial charge in [-0.25, -0.2) is 0 Å². The zero-order valence-corrected chi connectivity index (χ0v) is 6.97. The third-order valence-corrected chi connectivity index (χ3v) is 1.67. The first-order valence-electron chi connectivity index (χ1n) is 3.70. The fourth-order valence-corrected chi connectivity index (χ4v) is 0.737. The molecule has 0 bridgehead atoms. The fourth-order valence-electron chi connectivity index (χ4n) is 0.737. The standard InChI is InChI=1S/C8H16N2O/c1-3-4-5-6-8(2,10)7(9)11/h3H,1,4-6,10H2,2H3,(H2,9,11). The van der Waals surface area contributed by atoms with Gasteiger partial charge in [-0.3, -0.25) is 4.79 Å². The van der Waals surface area contributed by atoms with E-state index in [0.717, 1.165) is 12.8 Å². The number of unbranched alkanes of at least 4 members (excludes halogenated alkanes) is 1. The second kappa shape index (κ2) is 4.13. The first-order valence-corrected chi connectivity index (χ1v) is 3.70. The lowest BCUT2D eigenvalue weighted by atomic mass is 9.95. The molecule has 0 aliphatic heterocycles. The van der Waals surface area contributed by atoms with Crippen LogP contribution in [0, 0.1) is 0 Å². The van der Waals surface area contributed by atoms with Gasteiger partial charge in [0.05, 0.1) is 5.54 Å². The number of rotatable bonds is 5. The van der Waals surface area contributed by atoms with E-state index >= 15 is 0 Å². The summed E-state index contributed by atoms with van der Waals surface area (Å²) in [5.41, 5.74) is 9.80. The second-order valence-electron chi connectivity index (χ2n) is 2.96. The molecule has 11 heavy (non-hydrogen) atoms. The summed E-state index contributed by atoms with van der Waals surface area (Å²) in [5, 5.41) is 0. The molecule has 3 nitrogen and oxygen atoms in total. The van der Waals surface area contributed by atoms with Crippen LogP contribution in [0.4, 0.5) is 0 Å². The van der Waals surface area contributed by atoms with E-state index in [1.165, 1.54) is 0 Å². The molecule has 0 radical (unpaired) electrons. The molecule has 0 fully saturated rings. The van der Waals surface area contributed by atoms with Crippen LogP contribution in [-0.2, 0) is 4.79 Å². The van der Waals surface area contributed by atoms with Crippen LogP contribution < -0.4 is 11.5 Å². The topological polar surface area (TPSA) is 69.1 Å². The Labute approximate surface area is 67.4 Å². The van der Waals surface area contributed by atoms with Crippen molar-refractivity contribution in [2.75, 3.05) is 0 Å². The van der Waals surface area contributed by atoms with Crippen LogP contribution in [0.5, 0.6) is 0 Å². The van der Waals surface area contributed by atoms with E-state index in [9.17, 15) is 4.79 Å². The lowest BCUT2D eigenvalue weighted by Crippen LogP contribution is -2.49. The van der Waals surface area contributed by atoms with Gasteiger partial charge in [0.15, 0.2) is 0 Å². The highest BCUT2D eigenvalue weighted by molar-refractivity contribution is 5.83. The molecule has 1 amide bonds. The predicted molar refractivity (Wildman–Crippen MR) is 45.8 cm³/mol. The van der Waals surface area contributed by atoms with Gasteiger partial charge in [-0.2, -0.15) is 0 Å². The summed E-state index contributed by atoms with van der Waals surface area (Å²) in [6, 6.07) is 0. The Morgan fingerprint density at radius 1 is 1.73 bits per heavy atom. The minimum atomic E-state index is -0.858. The van der Waals surface area contributed by atoms with Crippen molar-refractivity contribution in [1.82, 2.24) is 0 Å². The van der Waals surface area contributed by atoms with E-state index in [1.807, 2.05) is 0 Å². The van der Waals surface area contributed by atoms with Crippen LogP contribution in [-0.4, -0.2) is 11.4 Å². The molecule has 0 aliphatic carbocycles. The van der Waals surface area contributed by atoms with Crippen molar-refractivity contribution in [2.24, 2.45) is 11.5 Å². The molecule has 1 atom stereocenters. The zero-order chi connectivity index (χ0) is 8.91. The van der Waals surface area contributed by atoms with Crippen molar-refractivity contribution in [3.63, 3.8) is 0 Å². The maximum Gasteiger partial charge on any atom is 0.237 e. The van der Waals surface area contributed by atoms with Crippen molar-refractivity contribution in [3.05, 3.63) is 12.7 Å². The van der Waals surface area contributed by atoms with Gasteiger partial charge in [-0.15, -0.1) is 6.58 Å². The molecule has 64 valence electrons. The Bertz CT molecular complexity index is 152. The molecular formula is C8H16N2O. The maximum atomic E-state index is 10.7. The molecule has 3 heteroatoms. The van der Waals surface area contributed by atoms with Crippen LogP contribution >= 0.6 is 0 Å². The lowest BCUT2D eigenvalue weighted by Gasteiger charge is -2.19. The van der Waals surface area contributed by atoms with E-state index < -0.39 is 11.4 Å². The molecule has 0 heterocycles. The van der Waals surface area contributed by atoms with Crippen LogP contribution in [0.1, 0.15) is 26.2 Å². The number of nitrogens with two attached hydrogens (primary N) is 2. The van der Waals surface area contributed by atoms with Crippen LogP contribution in [0.3, 0.4) is 0 Å². The Balaban J connectivity index is 3.72. The summed E-state index contributed by atoms with van der Waals surface area (Å²) >= 11 is 0. The molecule has 0 aromatic heterocycles. The third-order valence-electron chi connectivity index (χ3n) is 1.67. The first-order chi connectivity index (χ1) is 5.00. The van der Waals surface area contributed by atoms with E-state index in [1.54, 1.807) is 13.0 Å². The molecule has 0 spiro atoms. The van der Waals surface area contributed by atoms with Crippen molar-refractivity contribution in [1.29, 1.82) is 0 Å². The highest BCUT2D eigenvalue weighted by Crippen LogP contribution is 2.09. The Kier molecular flexibility index (Phi) is 3.82. The first kappa shape index (κ1) is 10.2. The summed E-state index contributed by atoms with van der Waals surface area (Å²) in [7, 11) is 0. The summed E-state index contributed by atoms with van der Waals surface area (Å²) < 4.78 is 0. The second-order valence-corrected chi connectivity index (χ2v) is 2.96. The van der Waals surface area contributed by atoms with Gasteiger partial charge < -0.3 is 11.5 Å². The van der Waals surface area contributed by atoms with E-state index in [-0.39, 0.29) is 0 Å². The Hall–Kier alpha value is -0.830. The van der Waals surface area contributed by atoms with Gasteiger partial charge in [0, 0.05) is 0 Å². The van der Waals surface area contributed by atoms with Crippen molar-refractivity contribution in [3.8, 4) is 0 Å². The van der Waals surface area contributed by atoms with Gasteiger partial charge in [0.25, 0.3) is 0 Å². The monoisotopic (exact) mass is 156 g/mol. The molecule has 0 aromatic carbocycles. The molecule has 0 aromatic rings. The molecule has 0 rings (SSSR count). The number of carbonyl (C=O) groups excluding carboxylic acids is 1.